The van der Waals surface area contributed by atoms with Gasteiger partial charge in [0.25, 0.3) is 0 Å². The maximum atomic E-state index is 12.0. The number of hydrogen-bond donors (Lipinski definition) is 0. The van der Waals surface area contributed by atoms with E-state index in [2.05, 4.69) is 0 Å². The predicted octanol–water partition coefficient (Wildman–Crippen LogP) is 3.10. The summed E-state index contributed by atoms with van der Waals surface area (Å²) in [5.41, 5.74) is -0.0853. The van der Waals surface area contributed by atoms with E-state index in [4.69, 9.17) is 23.2 Å². The molecule has 1 spiro atoms. The average Bonchev–Trinajstić information content (AvgIpc) is 2.43. The summed E-state index contributed by atoms with van der Waals surface area (Å²) in [7, 11) is 0. The first-order valence-electron chi connectivity index (χ1n) is 5.43. The lowest BCUT2D eigenvalue weighted by Gasteiger charge is -2.31. The zero-order valence-electron chi connectivity index (χ0n) is 8.64. The molecule has 2 rings (SSSR count). The van der Waals surface area contributed by atoms with Gasteiger partial charge in [0.2, 0.25) is 0 Å². The van der Waals surface area contributed by atoms with Gasteiger partial charge in [-0.3, -0.25) is 4.79 Å². The molecule has 1 saturated carbocycles. The summed E-state index contributed by atoms with van der Waals surface area (Å²) in [5.74, 6) is 0.369. The van der Waals surface area contributed by atoms with Gasteiger partial charge in [0, 0.05) is 18.2 Å². The predicted molar refractivity (Wildman–Crippen MR) is 61.9 cm³/mol. The Morgan fingerprint density at radius 2 is 1.93 bits per heavy atom. The number of hydrogen-bond acceptors (Lipinski definition) is 2. The summed E-state index contributed by atoms with van der Waals surface area (Å²) in [4.78, 5) is 13.9. The minimum Gasteiger partial charge on any atom is -0.367 e. The van der Waals surface area contributed by atoms with Gasteiger partial charge in [-0.2, -0.15) is 0 Å². The molecule has 0 bridgehead atoms. The van der Waals surface area contributed by atoms with Crippen LogP contribution in [0.15, 0.2) is 10.7 Å². The van der Waals surface area contributed by atoms with Gasteiger partial charge in [0.1, 0.15) is 4.49 Å². The van der Waals surface area contributed by atoms with E-state index in [0.717, 1.165) is 19.4 Å². The van der Waals surface area contributed by atoms with E-state index in [0.29, 0.717) is 12.3 Å². The highest BCUT2D eigenvalue weighted by Crippen LogP contribution is 2.41. The van der Waals surface area contributed by atoms with E-state index in [-0.39, 0.29) is 9.91 Å². The molecule has 0 atom stereocenters. The second kappa shape index (κ2) is 4.34. The van der Waals surface area contributed by atoms with Crippen molar-refractivity contribution in [3.05, 3.63) is 10.7 Å². The zero-order valence-corrected chi connectivity index (χ0v) is 10.2. The van der Waals surface area contributed by atoms with E-state index < -0.39 is 0 Å². The third-order valence-corrected chi connectivity index (χ3v) is 3.73. The van der Waals surface area contributed by atoms with Crippen LogP contribution in [0.25, 0.3) is 0 Å². The molecule has 0 aromatic heterocycles. The van der Waals surface area contributed by atoms with E-state index in [9.17, 15) is 4.79 Å². The van der Waals surface area contributed by atoms with Crippen molar-refractivity contribution < 1.29 is 4.79 Å². The van der Waals surface area contributed by atoms with Crippen molar-refractivity contribution >= 4 is 29.0 Å². The molecular formula is C11H15Cl2NO. The number of Topliss-reactive ketones (excluding diaryl/α,β-unsaturated/α-hetero) is 1. The van der Waals surface area contributed by atoms with Crippen LogP contribution in [0, 0.1) is 5.41 Å². The Bertz CT molecular complexity index is 291. The summed E-state index contributed by atoms with van der Waals surface area (Å²) >= 11 is 11.2. The monoisotopic (exact) mass is 247 g/mol. The van der Waals surface area contributed by atoms with E-state index in [1.165, 1.54) is 19.3 Å². The summed E-state index contributed by atoms with van der Waals surface area (Å²) < 4.78 is 0.232. The minimum atomic E-state index is -0.0853. The van der Waals surface area contributed by atoms with Gasteiger partial charge >= 0.3 is 0 Å². The largest absolute Gasteiger partial charge is 0.367 e. The lowest BCUT2D eigenvalue weighted by molar-refractivity contribution is -0.125. The van der Waals surface area contributed by atoms with Crippen LogP contribution in [0.4, 0.5) is 0 Å². The summed E-state index contributed by atoms with van der Waals surface area (Å²) in [6, 6.07) is 0. The molecule has 0 radical (unpaired) electrons. The van der Waals surface area contributed by atoms with E-state index >= 15 is 0 Å². The lowest BCUT2D eigenvalue weighted by atomic mass is 9.73. The molecule has 0 aromatic carbocycles. The molecule has 1 aliphatic heterocycles. The molecule has 1 aliphatic carbocycles. The van der Waals surface area contributed by atoms with Crippen molar-refractivity contribution in [2.45, 2.75) is 32.1 Å². The number of ketones is 1. The summed E-state index contributed by atoms with van der Waals surface area (Å²) in [6.07, 6.45) is 7.37. The molecule has 0 aromatic rings. The number of rotatable bonds is 1. The van der Waals surface area contributed by atoms with Gasteiger partial charge in [-0.05, 0) is 12.8 Å². The Labute approximate surface area is 100 Å². The first-order chi connectivity index (χ1) is 7.12. The molecule has 0 amide bonds. The van der Waals surface area contributed by atoms with Crippen molar-refractivity contribution in [3.8, 4) is 0 Å². The SMILES string of the molecule is O=C1CN(C=C(Cl)Cl)CC12CCCCC2. The van der Waals surface area contributed by atoms with Crippen LogP contribution in [0.2, 0.25) is 0 Å². The second-order valence-corrected chi connectivity index (χ2v) is 5.60. The lowest BCUT2D eigenvalue weighted by Crippen LogP contribution is -2.32. The smallest absolute Gasteiger partial charge is 0.159 e. The summed E-state index contributed by atoms with van der Waals surface area (Å²) in [5, 5.41) is 0. The maximum Gasteiger partial charge on any atom is 0.159 e. The zero-order chi connectivity index (χ0) is 10.9. The van der Waals surface area contributed by atoms with Crippen molar-refractivity contribution in [2.24, 2.45) is 5.41 Å². The van der Waals surface area contributed by atoms with Gasteiger partial charge in [-0.25, -0.2) is 0 Å². The van der Waals surface area contributed by atoms with Crippen molar-refractivity contribution in [1.82, 2.24) is 4.90 Å². The Morgan fingerprint density at radius 1 is 1.27 bits per heavy atom. The molecule has 84 valence electrons. The van der Waals surface area contributed by atoms with Crippen molar-refractivity contribution in [1.29, 1.82) is 0 Å². The molecule has 2 nitrogen and oxygen atoms in total. The number of likely N-dealkylation sites (tertiary alicyclic amines) is 1. The summed E-state index contributed by atoms with van der Waals surface area (Å²) in [6.45, 7) is 1.28. The molecule has 2 fully saturated rings. The standard InChI is InChI=1S/C11H15Cl2NO/c12-10(13)7-14-6-9(15)11(8-14)4-2-1-3-5-11/h7H,1-6,8H2. The van der Waals surface area contributed by atoms with E-state index in [1.807, 2.05) is 4.90 Å². The van der Waals surface area contributed by atoms with Gasteiger partial charge in [0.15, 0.2) is 5.78 Å². The van der Waals surface area contributed by atoms with Crippen LogP contribution >= 0.6 is 23.2 Å². The highest BCUT2D eigenvalue weighted by atomic mass is 35.5. The molecule has 2 aliphatic rings. The van der Waals surface area contributed by atoms with Gasteiger partial charge < -0.3 is 4.90 Å². The molecule has 0 unspecified atom stereocenters. The average molecular weight is 248 g/mol. The van der Waals surface area contributed by atoms with Gasteiger partial charge in [-0.1, -0.05) is 42.5 Å². The van der Waals surface area contributed by atoms with Crippen LogP contribution in [-0.4, -0.2) is 23.8 Å². The molecular weight excluding hydrogens is 233 g/mol. The Hall–Kier alpha value is -0.210. The van der Waals surface area contributed by atoms with Crippen LogP contribution in [-0.2, 0) is 4.79 Å². The highest BCUT2D eigenvalue weighted by Gasteiger charge is 2.45. The minimum absolute atomic E-state index is 0.0853. The second-order valence-electron chi connectivity index (χ2n) is 4.59. The Kier molecular flexibility index (Phi) is 3.27. The maximum absolute atomic E-state index is 12.0. The first kappa shape index (κ1) is 11.3. The normalized spacial score (nSPS) is 24.7. The molecule has 4 heteroatoms. The molecule has 0 N–H and O–H groups in total. The fourth-order valence-corrected chi connectivity index (χ4v) is 3.06. The van der Waals surface area contributed by atoms with Crippen LogP contribution in [0.1, 0.15) is 32.1 Å². The van der Waals surface area contributed by atoms with Crippen LogP contribution in [0.3, 0.4) is 0 Å². The molecule has 15 heavy (non-hydrogen) atoms. The van der Waals surface area contributed by atoms with Crippen molar-refractivity contribution in [2.75, 3.05) is 13.1 Å². The fraction of sp³-hybridized carbons (Fsp3) is 0.727. The highest BCUT2D eigenvalue weighted by molar-refractivity contribution is 6.55. The third-order valence-electron chi connectivity index (χ3n) is 3.53. The third kappa shape index (κ3) is 2.31. The topological polar surface area (TPSA) is 20.3 Å². The number of carbonyl (C=O) groups is 1. The van der Waals surface area contributed by atoms with Crippen LogP contribution in [0.5, 0.6) is 0 Å². The Morgan fingerprint density at radius 3 is 2.53 bits per heavy atom. The molecule has 1 heterocycles. The quantitative estimate of drug-likeness (QED) is 0.710. The van der Waals surface area contributed by atoms with Gasteiger partial charge in [0.05, 0.1) is 6.54 Å². The van der Waals surface area contributed by atoms with Gasteiger partial charge in [-0.15, -0.1) is 0 Å². The Balaban J connectivity index is 2.09. The molecule has 1 saturated heterocycles. The number of carbonyl (C=O) groups excluding carboxylic acids is 1. The number of nitrogens with zero attached hydrogens (tertiary/aromatic N) is 1. The van der Waals surface area contributed by atoms with Crippen molar-refractivity contribution in [3.63, 3.8) is 0 Å². The van der Waals surface area contributed by atoms with E-state index in [1.54, 1.807) is 6.20 Å². The number of halogens is 2. The fourth-order valence-electron chi connectivity index (χ4n) is 2.78. The first-order valence-corrected chi connectivity index (χ1v) is 6.18. The van der Waals surface area contributed by atoms with Crippen LogP contribution < -0.4 is 0 Å².